The van der Waals surface area contributed by atoms with Gasteiger partial charge in [0, 0.05) is 38.3 Å². The fourth-order valence-corrected chi connectivity index (χ4v) is 3.83. The maximum Gasteiger partial charge on any atom is 0.224 e. The molecule has 1 N–H and O–H groups in total. The van der Waals surface area contributed by atoms with Gasteiger partial charge in [0.25, 0.3) is 0 Å². The van der Waals surface area contributed by atoms with Crippen molar-refractivity contribution in [3.8, 4) is 6.07 Å². The van der Waals surface area contributed by atoms with E-state index < -0.39 is 0 Å². The van der Waals surface area contributed by atoms with Crippen molar-refractivity contribution in [2.24, 2.45) is 0 Å². The Morgan fingerprint density at radius 1 is 1.32 bits per heavy atom. The van der Waals surface area contributed by atoms with E-state index in [0.29, 0.717) is 43.1 Å². The molecule has 0 saturated carbocycles. The highest BCUT2D eigenvalue weighted by Gasteiger charge is 2.33. The van der Waals surface area contributed by atoms with Crippen LogP contribution in [0, 0.1) is 18.3 Å². The fraction of sp³-hybridized carbons (Fsp3) is 0.364. The Morgan fingerprint density at radius 2 is 2.11 bits per heavy atom. The van der Waals surface area contributed by atoms with Gasteiger partial charge in [0.15, 0.2) is 0 Å². The molecular weight excluding hydrogens is 374 g/mol. The number of nitrogens with zero attached hydrogens (tertiary/aromatic N) is 3. The summed E-state index contributed by atoms with van der Waals surface area (Å²) in [6.45, 7) is 3.99. The summed E-state index contributed by atoms with van der Waals surface area (Å²) in [6, 6.07) is 15.7. The molecule has 1 unspecified atom stereocenters. The molecule has 0 bridgehead atoms. The number of hydrogen-bond donors (Lipinski definition) is 1. The van der Waals surface area contributed by atoms with Crippen molar-refractivity contribution in [3.63, 3.8) is 0 Å². The summed E-state index contributed by atoms with van der Waals surface area (Å²) in [5.41, 5.74) is 3.71. The summed E-state index contributed by atoms with van der Waals surface area (Å²) >= 11 is 6.29. The van der Waals surface area contributed by atoms with Gasteiger partial charge in [-0.2, -0.15) is 5.26 Å². The number of carbonyl (C=O) groups excluding carboxylic acids is 1. The predicted octanol–water partition coefficient (Wildman–Crippen LogP) is 3.51. The SMILES string of the molecule is Cc1ccccc1CN(c1ccc(C#N)c(Cl)c1)C1CC(=O)N(CCCO)C1. The smallest absolute Gasteiger partial charge is 0.224 e. The van der Waals surface area contributed by atoms with Gasteiger partial charge in [-0.05, 0) is 42.7 Å². The number of aliphatic hydroxyl groups excluding tert-OH is 1. The number of amides is 1. The summed E-state index contributed by atoms with van der Waals surface area (Å²) < 4.78 is 0. The van der Waals surface area contributed by atoms with Gasteiger partial charge >= 0.3 is 0 Å². The third-order valence-electron chi connectivity index (χ3n) is 5.23. The van der Waals surface area contributed by atoms with Crippen LogP contribution in [0.3, 0.4) is 0 Å². The highest BCUT2D eigenvalue weighted by molar-refractivity contribution is 6.32. The monoisotopic (exact) mass is 397 g/mol. The molecule has 1 heterocycles. The molecule has 2 aromatic rings. The molecule has 146 valence electrons. The summed E-state index contributed by atoms with van der Waals surface area (Å²) in [7, 11) is 0. The number of aryl methyl sites for hydroxylation is 1. The number of benzene rings is 2. The third kappa shape index (κ3) is 4.46. The van der Waals surface area contributed by atoms with Crippen LogP contribution in [-0.2, 0) is 11.3 Å². The van der Waals surface area contributed by atoms with Gasteiger partial charge in [-0.15, -0.1) is 0 Å². The molecule has 0 aliphatic carbocycles. The molecule has 1 saturated heterocycles. The third-order valence-corrected chi connectivity index (χ3v) is 5.54. The van der Waals surface area contributed by atoms with E-state index in [4.69, 9.17) is 22.0 Å². The highest BCUT2D eigenvalue weighted by atomic mass is 35.5. The molecule has 0 aromatic heterocycles. The lowest BCUT2D eigenvalue weighted by atomic mass is 10.1. The second-order valence-electron chi connectivity index (χ2n) is 7.11. The lowest BCUT2D eigenvalue weighted by Gasteiger charge is -2.32. The van der Waals surface area contributed by atoms with E-state index in [2.05, 4.69) is 30.0 Å². The first-order valence-corrected chi connectivity index (χ1v) is 9.80. The molecule has 3 rings (SSSR count). The summed E-state index contributed by atoms with van der Waals surface area (Å²) in [5, 5.41) is 18.7. The number of nitriles is 1. The molecule has 1 atom stereocenters. The zero-order valence-corrected chi connectivity index (χ0v) is 16.7. The van der Waals surface area contributed by atoms with Gasteiger partial charge in [-0.25, -0.2) is 0 Å². The Hall–Kier alpha value is -2.55. The molecule has 6 heteroatoms. The second kappa shape index (κ2) is 9.09. The zero-order valence-electron chi connectivity index (χ0n) is 15.9. The Morgan fingerprint density at radius 3 is 2.79 bits per heavy atom. The molecule has 0 radical (unpaired) electrons. The van der Waals surface area contributed by atoms with Crippen LogP contribution in [0.4, 0.5) is 5.69 Å². The molecule has 1 amide bonds. The first kappa shape index (κ1) is 20.2. The van der Waals surface area contributed by atoms with Crippen LogP contribution in [0.1, 0.15) is 29.5 Å². The molecule has 2 aromatic carbocycles. The number of aliphatic hydroxyl groups is 1. The molecule has 1 fully saturated rings. The molecular formula is C22H24ClN3O2. The van der Waals surface area contributed by atoms with Crippen LogP contribution in [0.15, 0.2) is 42.5 Å². The Kier molecular flexibility index (Phi) is 6.56. The van der Waals surface area contributed by atoms with Crippen LogP contribution in [0.2, 0.25) is 5.02 Å². The van der Waals surface area contributed by atoms with Gasteiger partial charge in [0.1, 0.15) is 6.07 Å². The van der Waals surface area contributed by atoms with Crippen molar-refractivity contribution in [1.29, 1.82) is 5.26 Å². The van der Waals surface area contributed by atoms with Crippen LogP contribution in [0.25, 0.3) is 0 Å². The van der Waals surface area contributed by atoms with Gasteiger partial charge in [0.2, 0.25) is 5.91 Å². The lowest BCUT2D eigenvalue weighted by molar-refractivity contribution is -0.127. The van der Waals surface area contributed by atoms with Crippen molar-refractivity contribution in [1.82, 2.24) is 4.90 Å². The van der Waals surface area contributed by atoms with Gasteiger partial charge in [-0.3, -0.25) is 4.79 Å². The fourth-order valence-electron chi connectivity index (χ4n) is 3.61. The first-order chi connectivity index (χ1) is 13.5. The van der Waals surface area contributed by atoms with Crippen molar-refractivity contribution in [2.75, 3.05) is 24.6 Å². The summed E-state index contributed by atoms with van der Waals surface area (Å²) in [6.07, 6.45) is 1.01. The number of likely N-dealkylation sites (tertiary alicyclic amines) is 1. The van der Waals surface area contributed by atoms with Crippen molar-refractivity contribution < 1.29 is 9.90 Å². The Labute approximate surface area is 170 Å². The van der Waals surface area contributed by atoms with E-state index >= 15 is 0 Å². The average molecular weight is 398 g/mol. The van der Waals surface area contributed by atoms with E-state index in [9.17, 15) is 4.79 Å². The minimum absolute atomic E-state index is 0.00908. The number of rotatable bonds is 7. The number of hydrogen-bond acceptors (Lipinski definition) is 4. The number of carbonyl (C=O) groups is 1. The van der Waals surface area contributed by atoms with E-state index in [1.54, 1.807) is 12.1 Å². The van der Waals surface area contributed by atoms with E-state index in [-0.39, 0.29) is 18.6 Å². The second-order valence-corrected chi connectivity index (χ2v) is 7.51. The van der Waals surface area contributed by atoms with Crippen LogP contribution >= 0.6 is 11.6 Å². The minimum Gasteiger partial charge on any atom is -0.396 e. The van der Waals surface area contributed by atoms with Crippen LogP contribution in [0.5, 0.6) is 0 Å². The Bertz CT molecular complexity index is 894. The number of halogens is 1. The van der Waals surface area contributed by atoms with E-state index in [0.717, 1.165) is 5.69 Å². The van der Waals surface area contributed by atoms with E-state index in [1.165, 1.54) is 11.1 Å². The first-order valence-electron chi connectivity index (χ1n) is 9.43. The summed E-state index contributed by atoms with van der Waals surface area (Å²) in [4.78, 5) is 16.5. The number of anilines is 1. The molecule has 28 heavy (non-hydrogen) atoms. The lowest BCUT2D eigenvalue weighted by Crippen LogP contribution is -2.37. The summed E-state index contributed by atoms with van der Waals surface area (Å²) in [5.74, 6) is 0.105. The van der Waals surface area contributed by atoms with Gasteiger partial charge in [-0.1, -0.05) is 35.9 Å². The maximum absolute atomic E-state index is 12.5. The van der Waals surface area contributed by atoms with Crippen molar-refractivity contribution >= 4 is 23.2 Å². The minimum atomic E-state index is 0.00908. The largest absolute Gasteiger partial charge is 0.396 e. The van der Waals surface area contributed by atoms with Crippen LogP contribution < -0.4 is 4.90 Å². The van der Waals surface area contributed by atoms with Gasteiger partial charge < -0.3 is 14.9 Å². The topological polar surface area (TPSA) is 67.6 Å². The quantitative estimate of drug-likeness (QED) is 0.776. The van der Waals surface area contributed by atoms with Crippen molar-refractivity contribution in [2.45, 2.75) is 32.4 Å². The van der Waals surface area contributed by atoms with Gasteiger partial charge in [0.05, 0.1) is 16.6 Å². The molecule has 1 aliphatic heterocycles. The molecule has 1 aliphatic rings. The molecule has 5 nitrogen and oxygen atoms in total. The predicted molar refractivity (Wildman–Crippen MR) is 110 cm³/mol. The van der Waals surface area contributed by atoms with E-state index in [1.807, 2.05) is 23.1 Å². The van der Waals surface area contributed by atoms with Crippen molar-refractivity contribution in [3.05, 3.63) is 64.2 Å². The molecule has 0 spiro atoms. The Balaban J connectivity index is 1.91. The normalized spacial score (nSPS) is 16.3. The standard InChI is InChI=1S/C22H24ClN3O2/c1-16-5-2-3-6-18(16)14-26(19-8-7-17(13-24)21(23)11-19)20-12-22(28)25(15-20)9-4-10-27/h2-3,5-8,11,20,27H,4,9-10,12,14-15H2,1H3. The zero-order chi connectivity index (χ0) is 20.1. The maximum atomic E-state index is 12.5. The average Bonchev–Trinajstić information content (AvgIpc) is 3.06. The highest BCUT2D eigenvalue weighted by Crippen LogP contribution is 2.30. The van der Waals surface area contributed by atoms with Crippen LogP contribution in [-0.4, -0.2) is 41.7 Å².